The van der Waals surface area contributed by atoms with Crippen molar-refractivity contribution in [2.75, 3.05) is 0 Å². The molecule has 0 unspecified atom stereocenters. The van der Waals surface area contributed by atoms with Crippen molar-refractivity contribution in [1.82, 2.24) is 0 Å². The maximum absolute atomic E-state index is 12.8. The Balaban J connectivity index is 2.25. The molecule has 1 aliphatic rings. The molecule has 0 amide bonds. The summed E-state index contributed by atoms with van der Waals surface area (Å²) in [5, 5.41) is 1.95. The van der Waals surface area contributed by atoms with Crippen LogP contribution >= 0.6 is 0 Å². The molecule has 2 heteroatoms. The van der Waals surface area contributed by atoms with E-state index in [-0.39, 0.29) is 11.6 Å². The van der Waals surface area contributed by atoms with Crippen LogP contribution in [0.4, 0.5) is 0 Å². The highest BCUT2D eigenvalue weighted by molar-refractivity contribution is 6.30. The van der Waals surface area contributed by atoms with Gasteiger partial charge in [-0.2, -0.15) is 0 Å². The number of hydrogen-bond donors (Lipinski definition) is 0. The second-order valence-corrected chi connectivity index (χ2v) is 5.47. The molecule has 1 aliphatic carbocycles. The van der Waals surface area contributed by atoms with Crippen LogP contribution in [0.3, 0.4) is 0 Å². The summed E-state index contributed by atoms with van der Waals surface area (Å²) in [6, 6.07) is 11.4. The van der Waals surface area contributed by atoms with Gasteiger partial charge in [-0.3, -0.25) is 9.59 Å². The topological polar surface area (TPSA) is 34.1 Å². The molecule has 0 heterocycles. The van der Waals surface area contributed by atoms with Gasteiger partial charge in [-0.15, -0.1) is 13.2 Å². The fourth-order valence-corrected chi connectivity index (χ4v) is 3.18. The largest absolute Gasteiger partial charge is 0.293 e. The van der Waals surface area contributed by atoms with E-state index in [1.807, 2.05) is 36.4 Å². The van der Waals surface area contributed by atoms with Gasteiger partial charge in [0.15, 0.2) is 11.6 Å². The quantitative estimate of drug-likeness (QED) is 0.614. The van der Waals surface area contributed by atoms with Crippen molar-refractivity contribution in [1.29, 1.82) is 0 Å². The first-order chi connectivity index (χ1) is 10.1. The highest BCUT2D eigenvalue weighted by Crippen LogP contribution is 2.43. The first-order valence-corrected chi connectivity index (χ1v) is 6.98. The molecule has 0 saturated heterocycles. The molecule has 0 aromatic heterocycles. The summed E-state index contributed by atoms with van der Waals surface area (Å²) in [5.41, 5.74) is 0.0215. The third kappa shape index (κ3) is 1.79. The number of carbonyl (C=O) groups is 2. The Hall–Kier alpha value is -2.48. The molecular formula is C19H16O2. The SMILES string of the molecule is C=CCC1(CC=C)C(=O)c2cc3ccccc3cc2C1=O. The van der Waals surface area contributed by atoms with Crippen molar-refractivity contribution in [3.63, 3.8) is 0 Å². The molecule has 3 rings (SSSR count). The summed E-state index contributed by atoms with van der Waals surface area (Å²) in [6.45, 7) is 7.40. The number of fused-ring (bicyclic) bond motifs is 2. The molecule has 0 radical (unpaired) electrons. The standard InChI is InChI=1S/C19H16O2/c1-3-9-19(10-4-2)17(20)15-11-13-7-5-6-8-14(13)12-16(15)18(19)21/h3-8,11-12H,1-2,9-10H2. The summed E-state index contributed by atoms with van der Waals surface area (Å²) < 4.78 is 0. The van der Waals surface area contributed by atoms with Gasteiger partial charge in [0.2, 0.25) is 0 Å². The number of hydrogen-bond acceptors (Lipinski definition) is 2. The summed E-state index contributed by atoms with van der Waals surface area (Å²) in [5.74, 6) is -0.207. The van der Waals surface area contributed by atoms with Crippen molar-refractivity contribution in [2.45, 2.75) is 12.8 Å². The number of ketones is 2. The highest BCUT2D eigenvalue weighted by atomic mass is 16.2. The molecule has 21 heavy (non-hydrogen) atoms. The minimum Gasteiger partial charge on any atom is -0.293 e. The van der Waals surface area contributed by atoms with Crippen molar-refractivity contribution in [3.8, 4) is 0 Å². The van der Waals surface area contributed by atoms with Crippen LogP contribution in [0.15, 0.2) is 61.7 Å². The van der Waals surface area contributed by atoms with E-state index in [0.717, 1.165) is 10.8 Å². The first-order valence-electron chi connectivity index (χ1n) is 6.98. The van der Waals surface area contributed by atoms with E-state index in [9.17, 15) is 9.59 Å². The van der Waals surface area contributed by atoms with Crippen molar-refractivity contribution < 1.29 is 9.59 Å². The molecule has 2 aromatic carbocycles. The van der Waals surface area contributed by atoms with Crippen LogP contribution in [0, 0.1) is 5.41 Å². The predicted octanol–water partition coefficient (Wildman–Crippen LogP) is 4.36. The van der Waals surface area contributed by atoms with Crippen LogP contribution < -0.4 is 0 Å². The monoisotopic (exact) mass is 276 g/mol. The third-order valence-electron chi connectivity index (χ3n) is 4.23. The van der Waals surface area contributed by atoms with Crippen molar-refractivity contribution >= 4 is 22.3 Å². The highest BCUT2D eigenvalue weighted by Gasteiger charge is 2.51. The van der Waals surface area contributed by atoms with Crippen LogP contribution in [0.1, 0.15) is 33.6 Å². The van der Waals surface area contributed by atoms with Crippen molar-refractivity contribution in [2.24, 2.45) is 5.41 Å². The average Bonchev–Trinajstić information content (AvgIpc) is 2.69. The Labute approximate surface area is 123 Å². The lowest BCUT2D eigenvalue weighted by molar-refractivity contribution is 0.0703. The van der Waals surface area contributed by atoms with E-state index in [1.54, 1.807) is 12.2 Å². The van der Waals surface area contributed by atoms with Crippen LogP contribution in [0.5, 0.6) is 0 Å². The predicted molar refractivity (Wildman–Crippen MR) is 84.7 cm³/mol. The fraction of sp³-hybridized carbons (Fsp3) is 0.158. The maximum atomic E-state index is 12.8. The minimum absolute atomic E-state index is 0.104. The number of allylic oxidation sites excluding steroid dienone is 2. The van der Waals surface area contributed by atoms with Crippen LogP contribution in [0.25, 0.3) is 10.8 Å². The van der Waals surface area contributed by atoms with E-state index in [4.69, 9.17) is 0 Å². The summed E-state index contributed by atoms with van der Waals surface area (Å²) >= 11 is 0. The summed E-state index contributed by atoms with van der Waals surface area (Å²) in [4.78, 5) is 25.7. The molecule has 0 atom stereocenters. The molecule has 2 nitrogen and oxygen atoms in total. The smallest absolute Gasteiger partial charge is 0.178 e. The first kappa shape index (κ1) is 13.5. The van der Waals surface area contributed by atoms with Gasteiger partial charge in [0.05, 0.1) is 0 Å². The maximum Gasteiger partial charge on any atom is 0.178 e. The Morgan fingerprint density at radius 2 is 1.29 bits per heavy atom. The average molecular weight is 276 g/mol. The molecule has 0 N–H and O–H groups in total. The van der Waals surface area contributed by atoms with Gasteiger partial charge in [0, 0.05) is 11.1 Å². The lowest BCUT2D eigenvalue weighted by Gasteiger charge is -2.22. The van der Waals surface area contributed by atoms with Crippen LogP contribution in [-0.2, 0) is 0 Å². The zero-order valence-electron chi connectivity index (χ0n) is 11.8. The number of rotatable bonds is 4. The van der Waals surface area contributed by atoms with Gasteiger partial charge in [0.25, 0.3) is 0 Å². The van der Waals surface area contributed by atoms with E-state index >= 15 is 0 Å². The Morgan fingerprint density at radius 3 is 1.67 bits per heavy atom. The van der Waals surface area contributed by atoms with Gasteiger partial charge >= 0.3 is 0 Å². The Kier molecular flexibility index (Phi) is 3.09. The van der Waals surface area contributed by atoms with Gasteiger partial charge in [-0.25, -0.2) is 0 Å². The van der Waals surface area contributed by atoms with E-state index in [2.05, 4.69) is 13.2 Å². The molecule has 2 aromatic rings. The zero-order valence-corrected chi connectivity index (χ0v) is 11.8. The lowest BCUT2D eigenvalue weighted by atomic mass is 9.76. The van der Waals surface area contributed by atoms with Gasteiger partial charge in [-0.05, 0) is 35.7 Å². The van der Waals surface area contributed by atoms with Crippen LogP contribution in [0.2, 0.25) is 0 Å². The lowest BCUT2D eigenvalue weighted by Crippen LogP contribution is -2.32. The minimum atomic E-state index is -1.04. The number of Topliss-reactive ketones (excluding diaryl/α,β-unsaturated/α-hetero) is 2. The zero-order chi connectivity index (χ0) is 15.0. The fourth-order valence-electron chi connectivity index (χ4n) is 3.18. The number of carbonyl (C=O) groups excluding carboxylic acids is 2. The van der Waals surface area contributed by atoms with Gasteiger partial charge in [-0.1, -0.05) is 36.4 Å². The second kappa shape index (κ2) is 4.81. The van der Waals surface area contributed by atoms with E-state index in [1.165, 1.54) is 0 Å². The molecule has 0 spiro atoms. The molecule has 104 valence electrons. The normalized spacial score (nSPS) is 16.0. The number of benzene rings is 2. The molecule has 0 aliphatic heterocycles. The van der Waals surface area contributed by atoms with E-state index < -0.39 is 5.41 Å². The van der Waals surface area contributed by atoms with Crippen molar-refractivity contribution in [3.05, 3.63) is 72.8 Å². The van der Waals surface area contributed by atoms with Crippen LogP contribution in [-0.4, -0.2) is 11.6 Å². The van der Waals surface area contributed by atoms with Gasteiger partial charge < -0.3 is 0 Å². The molecule has 0 bridgehead atoms. The Bertz CT molecular complexity index is 717. The third-order valence-corrected chi connectivity index (χ3v) is 4.23. The second-order valence-electron chi connectivity index (χ2n) is 5.47. The van der Waals surface area contributed by atoms with Gasteiger partial charge in [0.1, 0.15) is 5.41 Å². The molecular weight excluding hydrogens is 260 g/mol. The molecule has 0 saturated carbocycles. The van der Waals surface area contributed by atoms with E-state index in [0.29, 0.717) is 24.0 Å². The Morgan fingerprint density at radius 1 is 0.857 bits per heavy atom. The summed E-state index contributed by atoms with van der Waals surface area (Å²) in [7, 11) is 0. The molecule has 0 fully saturated rings. The summed E-state index contributed by atoms with van der Waals surface area (Å²) in [6.07, 6.45) is 3.99.